The van der Waals surface area contributed by atoms with Crippen LogP contribution in [0.3, 0.4) is 0 Å². The van der Waals surface area contributed by atoms with Gasteiger partial charge in [-0.05, 0) is 82.5 Å². The highest BCUT2D eigenvalue weighted by atomic mass is 35.5. The molecule has 0 fully saturated rings. The zero-order valence-corrected chi connectivity index (χ0v) is 22.7. The summed E-state index contributed by atoms with van der Waals surface area (Å²) >= 11 is 6.57. The maximum Gasteiger partial charge on any atom is 0.0540 e. The van der Waals surface area contributed by atoms with Crippen molar-refractivity contribution in [1.82, 2.24) is 0 Å². The monoisotopic (exact) mass is 481 g/mol. The zero-order chi connectivity index (χ0) is 25.4. The molecule has 35 heavy (non-hydrogen) atoms. The number of hydrogen-bond donors (Lipinski definition) is 0. The Kier molecular flexibility index (Phi) is 6.84. The molecule has 0 saturated carbocycles. The highest BCUT2D eigenvalue weighted by Gasteiger charge is 2.22. The minimum atomic E-state index is 0.0495. The summed E-state index contributed by atoms with van der Waals surface area (Å²) in [5.41, 5.74) is 9.61. The summed E-state index contributed by atoms with van der Waals surface area (Å²) in [6, 6.07) is 32.7. The predicted octanol–water partition coefficient (Wildman–Crippen LogP) is 10.4. The van der Waals surface area contributed by atoms with Crippen LogP contribution in [0.25, 0.3) is 11.1 Å². The molecule has 0 amide bonds. The number of rotatable bonds is 4. The van der Waals surface area contributed by atoms with Gasteiger partial charge in [-0.25, -0.2) is 0 Å². The average Bonchev–Trinajstić information content (AvgIpc) is 2.78. The molecule has 0 aliphatic rings. The van der Waals surface area contributed by atoms with E-state index < -0.39 is 0 Å². The van der Waals surface area contributed by atoms with Gasteiger partial charge in [0.05, 0.1) is 5.69 Å². The molecule has 2 heteroatoms. The number of hydrogen-bond acceptors (Lipinski definition) is 1. The molecular weight excluding hydrogens is 446 g/mol. The molecule has 0 radical (unpaired) electrons. The molecule has 0 heterocycles. The Morgan fingerprint density at radius 3 is 1.77 bits per heavy atom. The van der Waals surface area contributed by atoms with Crippen LogP contribution in [0.1, 0.15) is 58.2 Å². The first-order valence-corrected chi connectivity index (χ1v) is 12.7. The fourth-order valence-electron chi connectivity index (χ4n) is 4.43. The molecule has 4 rings (SSSR count). The van der Waals surface area contributed by atoms with Crippen LogP contribution < -0.4 is 4.90 Å². The second kappa shape index (κ2) is 9.55. The first kappa shape index (κ1) is 25.1. The van der Waals surface area contributed by atoms with Crippen LogP contribution in [0.2, 0.25) is 5.02 Å². The van der Waals surface area contributed by atoms with Gasteiger partial charge in [0.1, 0.15) is 0 Å². The summed E-state index contributed by atoms with van der Waals surface area (Å²) in [6.45, 7) is 15.6. The van der Waals surface area contributed by atoms with Crippen molar-refractivity contribution in [2.75, 3.05) is 4.90 Å². The van der Waals surface area contributed by atoms with Gasteiger partial charge in [-0.1, -0.05) is 102 Å². The molecule has 0 atom stereocenters. The summed E-state index contributed by atoms with van der Waals surface area (Å²) in [5.74, 6) is 0. The lowest BCUT2D eigenvalue weighted by Gasteiger charge is -2.30. The largest absolute Gasteiger partial charge is 0.310 e. The Hall–Kier alpha value is -3.03. The van der Waals surface area contributed by atoms with E-state index in [0.29, 0.717) is 0 Å². The molecule has 0 aliphatic heterocycles. The third-order valence-corrected chi connectivity index (χ3v) is 6.68. The predicted molar refractivity (Wildman–Crippen MR) is 154 cm³/mol. The van der Waals surface area contributed by atoms with Crippen molar-refractivity contribution in [2.45, 2.75) is 59.3 Å². The van der Waals surface area contributed by atoms with Crippen LogP contribution >= 0.6 is 11.6 Å². The third kappa shape index (κ3) is 5.63. The van der Waals surface area contributed by atoms with E-state index in [2.05, 4.69) is 138 Å². The van der Waals surface area contributed by atoms with Gasteiger partial charge in [0.15, 0.2) is 0 Å². The molecular formula is C33H36ClN. The van der Waals surface area contributed by atoms with Gasteiger partial charge in [0.25, 0.3) is 0 Å². The molecule has 4 aromatic carbocycles. The van der Waals surface area contributed by atoms with Gasteiger partial charge >= 0.3 is 0 Å². The van der Waals surface area contributed by atoms with Crippen LogP contribution in [0.4, 0.5) is 17.1 Å². The van der Waals surface area contributed by atoms with Crippen LogP contribution in [-0.2, 0) is 10.8 Å². The molecule has 0 spiro atoms. The van der Waals surface area contributed by atoms with Gasteiger partial charge in [-0.3, -0.25) is 0 Å². The van der Waals surface area contributed by atoms with Crippen molar-refractivity contribution in [1.29, 1.82) is 0 Å². The first-order valence-electron chi connectivity index (χ1n) is 12.3. The van der Waals surface area contributed by atoms with Gasteiger partial charge in [0, 0.05) is 22.0 Å². The molecule has 0 bridgehead atoms. The summed E-state index contributed by atoms with van der Waals surface area (Å²) in [5, 5.41) is 0.740. The highest BCUT2D eigenvalue weighted by Crippen LogP contribution is 2.43. The van der Waals surface area contributed by atoms with Gasteiger partial charge in [-0.15, -0.1) is 0 Å². The molecule has 4 aromatic rings. The smallest absolute Gasteiger partial charge is 0.0540 e. The standard InChI is InChI=1S/C33H36ClN/c1-23-19-27(34)22-29(20-23)35(28-16-13-25(14-17-28)32(2,3)4)31-18-15-26(33(5,6)7)21-30(31)24-11-9-8-10-12-24/h8-22H,1-7H3. The van der Waals surface area contributed by atoms with Crippen molar-refractivity contribution < 1.29 is 0 Å². The number of halogens is 1. The minimum Gasteiger partial charge on any atom is -0.310 e. The van der Waals surface area contributed by atoms with E-state index in [-0.39, 0.29) is 10.8 Å². The summed E-state index contributed by atoms with van der Waals surface area (Å²) < 4.78 is 0. The van der Waals surface area contributed by atoms with Gasteiger partial charge in [-0.2, -0.15) is 0 Å². The second-order valence-electron chi connectivity index (χ2n) is 11.5. The van der Waals surface area contributed by atoms with E-state index in [1.807, 2.05) is 6.07 Å². The number of anilines is 3. The normalized spacial score (nSPS) is 12.0. The Morgan fingerprint density at radius 1 is 0.600 bits per heavy atom. The Morgan fingerprint density at radius 2 is 1.20 bits per heavy atom. The minimum absolute atomic E-state index is 0.0495. The van der Waals surface area contributed by atoms with Crippen molar-refractivity contribution in [3.05, 3.63) is 113 Å². The fraction of sp³-hybridized carbons (Fsp3) is 0.273. The molecule has 0 N–H and O–H groups in total. The number of benzene rings is 4. The van der Waals surface area contributed by atoms with E-state index in [9.17, 15) is 0 Å². The van der Waals surface area contributed by atoms with Gasteiger partial charge < -0.3 is 4.90 Å². The van der Waals surface area contributed by atoms with E-state index in [0.717, 1.165) is 27.6 Å². The molecule has 0 aromatic heterocycles. The van der Waals surface area contributed by atoms with Crippen molar-refractivity contribution in [3.8, 4) is 11.1 Å². The lowest BCUT2D eigenvalue weighted by molar-refractivity contribution is 0.590. The van der Waals surface area contributed by atoms with Gasteiger partial charge in [0.2, 0.25) is 0 Å². The quantitative estimate of drug-likeness (QED) is 0.280. The maximum absolute atomic E-state index is 6.57. The maximum atomic E-state index is 6.57. The fourth-order valence-corrected chi connectivity index (χ4v) is 4.71. The topological polar surface area (TPSA) is 3.24 Å². The average molecular weight is 482 g/mol. The Balaban J connectivity index is 1.99. The van der Waals surface area contributed by atoms with Crippen molar-refractivity contribution in [2.24, 2.45) is 0 Å². The lowest BCUT2D eigenvalue weighted by atomic mass is 9.84. The number of nitrogens with zero attached hydrogens (tertiary/aromatic N) is 1. The third-order valence-electron chi connectivity index (χ3n) is 6.46. The van der Waals surface area contributed by atoms with E-state index >= 15 is 0 Å². The van der Waals surface area contributed by atoms with Crippen LogP contribution in [0.5, 0.6) is 0 Å². The molecule has 1 nitrogen and oxygen atoms in total. The summed E-state index contributed by atoms with van der Waals surface area (Å²) in [7, 11) is 0. The van der Waals surface area contributed by atoms with Crippen LogP contribution in [-0.4, -0.2) is 0 Å². The van der Waals surface area contributed by atoms with E-state index in [1.54, 1.807) is 0 Å². The van der Waals surface area contributed by atoms with Crippen LogP contribution in [0, 0.1) is 6.92 Å². The SMILES string of the molecule is Cc1cc(Cl)cc(N(c2ccc(C(C)(C)C)cc2)c2ccc(C(C)(C)C)cc2-c2ccccc2)c1. The first-order chi connectivity index (χ1) is 16.4. The molecule has 0 unspecified atom stereocenters. The molecule has 0 aliphatic carbocycles. The van der Waals surface area contributed by atoms with E-state index in [1.165, 1.54) is 22.3 Å². The Labute approximate surface area is 216 Å². The second-order valence-corrected chi connectivity index (χ2v) is 11.9. The molecule has 0 saturated heterocycles. The van der Waals surface area contributed by atoms with Crippen molar-refractivity contribution >= 4 is 28.7 Å². The van der Waals surface area contributed by atoms with E-state index in [4.69, 9.17) is 11.6 Å². The highest BCUT2D eigenvalue weighted by molar-refractivity contribution is 6.31. The number of aryl methyl sites for hydroxylation is 1. The van der Waals surface area contributed by atoms with Crippen LogP contribution in [0.15, 0.2) is 91.0 Å². The van der Waals surface area contributed by atoms with Crippen molar-refractivity contribution in [3.63, 3.8) is 0 Å². The summed E-state index contributed by atoms with van der Waals surface area (Å²) in [4.78, 5) is 2.33. The summed E-state index contributed by atoms with van der Waals surface area (Å²) in [6.07, 6.45) is 0. The Bertz CT molecular complexity index is 1290. The zero-order valence-electron chi connectivity index (χ0n) is 22.0. The molecule has 180 valence electrons. The lowest BCUT2D eigenvalue weighted by Crippen LogP contribution is -2.15.